The molecule has 2 atom stereocenters. The maximum Gasteiger partial charge on any atom is 0.187 e. The third-order valence-electron chi connectivity index (χ3n) is 9.09. The summed E-state index contributed by atoms with van der Waals surface area (Å²) in [4.78, 5) is 4.49. The molecule has 2 heterocycles. The summed E-state index contributed by atoms with van der Waals surface area (Å²) < 4.78 is 6.68. The Kier molecular flexibility index (Phi) is 6.42. The first-order valence-electron chi connectivity index (χ1n) is 15.2. The van der Waals surface area contributed by atoms with Gasteiger partial charge in [0.1, 0.15) is 11.5 Å². The number of phenolic OH excluding ortho intramolecular Hbond substituents is 1. The molecule has 0 aromatic heterocycles. The van der Waals surface area contributed by atoms with Crippen molar-refractivity contribution in [2.24, 2.45) is 0 Å². The second kappa shape index (κ2) is 10.8. The summed E-state index contributed by atoms with van der Waals surface area (Å²) in [7, 11) is 2.06. The molecule has 2 aliphatic heterocycles. The number of aromatic hydroxyl groups is 1. The first kappa shape index (κ1) is 26.9. The molecule has 4 nitrogen and oxygen atoms in total. The van der Waals surface area contributed by atoms with E-state index in [9.17, 15) is 5.11 Å². The SMILES string of the molecule is C=C(c1ccccc1O)c1cc(-c2ccc3c(c2)C2c4ccccc4N(c4ccccc4)C2O3)ccc1N(C)c1ccccc1. The van der Waals surface area contributed by atoms with E-state index in [4.69, 9.17) is 4.74 Å². The van der Waals surface area contributed by atoms with E-state index in [1.165, 1.54) is 16.8 Å². The Hall–Kier alpha value is -5.74. The van der Waals surface area contributed by atoms with E-state index in [1.54, 1.807) is 6.07 Å². The summed E-state index contributed by atoms with van der Waals surface area (Å²) in [5.41, 5.74) is 11.5. The zero-order valence-corrected chi connectivity index (χ0v) is 25.0. The molecule has 2 aliphatic rings. The fourth-order valence-corrected chi connectivity index (χ4v) is 6.85. The lowest BCUT2D eigenvalue weighted by Gasteiger charge is -2.26. The minimum Gasteiger partial charge on any atom is -0.507 e. The lowest BCUT2D eigenvalue weighted by molar-refractivity contribution is 0.234. The molecule has 0 saturated heterocycles. The molecule has 0 aliphatic carbocycles. The van der Waals surface area contributed by atoms with Crippen molar-refractivity contribution in [2.75, 3.05) is 16.8 Å². The van der Waals surface area contributed by atoms with Crippen LogP contribution in [0.25, 0.3) is 16.7 Å². The maximum atomic E-state index is 10.8. The van der Waals surface area contributed by atoms with Crippen LogP contribution in [0.5, 0.6) is 11.5 Å². The van der Waals surface area contributed by atoms with E-state index in [0.29, 0.717) is 5.56 Å². The fourth-order valence-electron chi connectivity index (χ4n) is 6.85. The van der Waals surface area contributed by atoms with Crippen LogP contribution in [0.3, 0.4) is 0 Å². The topological polar surface area (TPSA) is 35.9 Å². The van der Waals surface area contributed by atoms with Gasteiger partial charge in [0, 0.05) is 46.5 Å². The van der Waals surface area contributed by atoms with Gasteiger partial charge in [-0.2, -0.15) is 0 Å². The monoisotopic (exact) mass is 584 g/mol. The average Bonchev–Trinajstić information content (AvgIpc) is 3.62. The Morgan fingerprint density at radius 2 is 1.36 bits per heavy atom. The number of anilines is 4. The zero-order chi connectivity index (χ0) is 30.5. The molecule has 1 N–H and O–H groups in total. The minimum absolute atomic E-state index is 0.0931. The van der Waals surface area contributed by atoms with Crippen LogP contribution >= 0.6 is 0 Å². The highest BCUT2D eigenvalue weighted by Crippen LogP contribution is 2.55. The van der Waals surface area contributed by atoms with Gasteiger partial charge in [-0.05, 0) is 82.9 Å². The van der Waals surface area contributed by atoms with E-state index >= 15 is 0 Å². The van der Waals surface area contributed by atoms with Crippen molar-refractivity contribution in [2.45, 2.75) is 12.1 Å². The van der Waals surface area contributed by atoms with Gasteiger partial charge in [0.05, 0.1) is 5.92 Å². The fraction of sp³-hybridized carbons (Fsp3) is 0.0732. The van der Waals surface area contributed by atoms with E-state index in [-0.39, 0.29) is 17.9 Å². The Bertz CT molecular complexity index is 2050. The quantitative estimate of drug-likeness (QED) is 0.211. The van der Waals surface area contributed by atoms with Gasteiger partial charge in [-0.25, -0.2) is 0 Å². The molecule has 6 aromatic carbocycles. The standard InChI is InChI=1S/C41H32N2O2/c1-27(32-17-10-12-20-38(32)44)34-25-28(21-23-36(34)42(2)30-13-5-3-6-14-30)29-22-24-39-35(26-29)40-33-18-9-11-19-37(33)43(41(40)45-39)31-15-7-4-8-16-31/h3-26,40-41,44H,1H2,2H3. The molecular weight excluding hydrogens is 552 g/mol. The van der Waals surface area contributed by atoms with E-state index in [2.05, 4.69) is 120 Å². The smallest absolute Gasteiger partial charge is 0.187 e. The molecule has 0 amide bonds. The van der Waals surface area contributed by atoms with Gasteiger partial charge in [-0.15, -0.1) is 0 Å². The molecule has 0 radical (unpaired) electrons. The van der Waals surface area contributed by atoms with Crippen LogP contribution in [-0.4, -0.2) is 18.4 Å². The molecule has 2 unspecified atom stereocenters. The van der Waals surface area contributed by atoms with Crippen LogP contribution in [0.2, 0.25) is 0 Å². The zero-order valence-electron chi connectivity index (χ0n) is 25.0. The van der Waals surface area contributed by atoms with E-state index < -0.39 is 0 Å². The van der Waals surface area contributed by atoms with Crippen LogP contribution in [0.1, 0.15) is 28.2 Å². The van der Waals surface area contributed by atoms with Crippen LogP contribution in [0, 0.1) is 0 Å². The Labute approximate surface area is 263 Å². The number of ether oxygens (including phenoxy) is 1. The summed E-state index contributed by atoms with van der Waals surface area (Å²) in [6.07, 6.45) is -0.145. The molecule has 0 saturated carbocycles. The number of fused-ring (bicyclic) bond motifs is 5. The van der Waals surface area contributed by atoms with Gasteiger partial charge < -0.3 is 19.6 Å². The van der Waals surface area contributed by atoms with Crippen molar-refractivity contribution < 1.29 is 9.84 Å². The molecule has 4 heteroatoms. The molecule has 0 fully saturated rings. The summed E-state index contributed by atoms with van der Waals surface area (Å²) in [6.45, 7) is 4.48. The summed E-state index contributed by atoms with van der Waals surface area (Å²) in [5.74, 6) is 1.23. The van der Waals surface area contributed by atoms with Crippen molar-refractivity contribution in [3.8, 4) is 22.6 Å². The van der Waals surface area contributed by atoms with E-state index in [0.717, 1.165) is 45.1 Å². The third-order valence-corrected chi connectivity index (χ3v) is 9.09. The lowest BCUT2D eigenvalue weighted by Crippen LogP contribution is -2.32. The summed E-state index contributed by atoms with van der Waals surface area (Å²) >= 11 is 0. The molecule has 0 bridgehead atoms. The van der Waals surface area contributed by atoms with Crippen molar-refractivity contribution in [1.82, 2.24) is 0 Å². The predicted octanol–water partition coefficient (Wildman–Crippen LogP) is 9.89. The van der Waals surface area contributed by atoms with Crippen molar-refractivity contribution in [3.05, 3.63) is 174 Å². The number of para-hydroxylation sites is 4. The number of hydrogen-bond acceptors (Lipinski definition) is 4. The minimum atomic E-state index is -0.145. The van der Waals surface area contributed by atoms with Gasteiger partial charge in [-0.1, -0.05) is 91.5 Å². The van der Waals surface area contributed by atoms with Crippen molar-refractivity contribution in [3.63, 3.8) is 0 Å². The number of benzene rings is 6. The Morgan fingerprint density at radius 3 is 2.16 bits per heavy atom. The van der Waals surface area contributed by atoms with Gasteiger partial charge >= 0.3 is 0 Å². The number of phenols is 1. The van der Waals surface area contributed by atoms with Crippen LogP contribution < -0.4 is 14.5 Å². The first-order chi connectivity index (χ1) is 22.1. The normalized spacial score (nSPS) is 16.0. The second-order valence-corrected chi connectivity index (χ2v) is 11.6. The van der Waals surface area contributed by atoms with Gasteiger partial charge in [0.2, 0.25) is 0 Å². The molecular formula is C41H32N2O2. The van der Waals surface area contributed by atoms with Crippen molar-refractivity contribution >= 4 is 28.3 Å². The number of nitrogens with zero attached hydrogens (tertiary/aromatic N) is 2. The Balaban J connectivity index is 1.23. The maximum absolute atomic E-state index is 10.8. The van der Waals surface area contributed by atoms with E-state index in [1.807, 2.05) is 42.5 Å². The van der Waals surface area contributed by atoms with Gasteiger partial charge in [0.15, 0.2) is 6.23 Å². The van der Waals surface area contributed by atoms with Crippen LogP contribution in [0.15, 0.2) is 152 Å². The molecule has 8 rings (SSSR count). The summed E-state index contributed by atoms with van der Waals surface area (Å²) in [6, 6.07) is 49.8. The molecule has 45 heavy (non-hydrogen) atoms. The lowest BCUT2D eigenvalue weighted by atomic mass is 9.89. The Morgan fingerprint density at radius 1 is 0.689 bits per heavy atom. The first-order valence-corrected chi connectivity index (χ1v) is 15.2. The third kappa shape index (κ3) is 4.46. The summed E-state index contributed by atoms with van der Waals surface area (Å²) in [5, 5.41) is 10.8. The highest BCUT2D eigenvalue weighted by Gasteiger charge is 2.47. The highest BCUT2D eigenvalue weighted by atomic mass is 16.5. The predicted molar refractivity (Wildman–Crippen MR) is 184 cm³/mol. The van der Waals surface area contributed by atoms with Crippen LogP contribution in [-0.2, 0) is 0 Å². The van der Waals surface area contributed by atoms with Gasteiger partial charge in [0.25, 0.3) is 0 Å². The van der Waals surface area contributed by atoms with Gasteiger partial charge in [-0.3, -0.25) is 0 Å². The average molecular weight is 585 g/mol. The molecule has 6 aromatic rings. The highest BCUT2D eigenvalue weighted by molar-refractivity contribution is 5.91. The number of rotatable bonds is 6. The van der Waals surface area contributed by atoms with Crippen molar-refractivity contribution in [1.29, 1.82) is 0 Å². The molecule has 0 spiro atoms. The number of hydrogen-bond donors (Lipinski definition) is 1. The largest absolute Gasteiger partial charge is 0.507 e. The second-order valence-electron chi connectivity index (χ2n) is 11.6. The van der Waals surface area contributed by atoms with Crippen LogP contribution in [0.4, 0.5) is 22.7 Å². The molecule has 218 valence electrons.